The van der Waals surface area contributed by atoms with Crippen LogP contribution in [-0.4, -0.2) is 28.0 Å². The summed E-state index contributed by atoms with van der Waals surface area (Å²) in [6, 6.07) is 20.4. The zero-order chi connectivity index (χ0) is 17.3. The second-order valence-corrected chi connectivity index (χ2v) is 6.85. The first kappa shape index (κ1) is 17.3. The van der Waals surface area contributed by atoms with E-state index in [0.29, 0.717) is 18.7 Å². The quantitative estimate of drug-likeness (QED) is 0.495. The first-order valence-corrected chi connectivity index (χ1v) is 9.32. The lowest BCUT2D eigenvalue weighted by atomic mass is 10.2. The number of amides is 1. The van der Waals surface area contributed by atoms with Crippen LogP contribution in [0.15, 0.2) is 78.0 Å². The SMILES string of the molecule is O=C(NCCCSc1ccccc1)c1cnn(Cc2ccccc2)c1. The molecular formula is C20H21N3OS. The predicted molar refractivity (Wildman–Crippen MR) is 102 cm³/mol. The Hall–Kier alpha value is -2.53. The highest BCUT2D eigenvalue weighted by Gasteiger charge is 2.08. The van der Waals surface area contributed by atoms with Crippen molar-refractivity contribution in [1.82, 2.24) is 15.1 Å². The number of rotatable bonds is 8. The molecular weight excluding hydrogens is 330 g/mol. The molecule has 0 fully saturated rings. The van der Waals surface area contributed by atoms with Crippen molar-refractivity contribution in [2.45, 2.75) is 17.9 Å². The van der Waals surface area contributed by atoms with E-state index in [9.17, 15) is 4.79 Å². The van der Waals surface area contributed by atoms with Crippen molar-refractivity contribution in [3.8, 4) is 0 Å². The van der Waals surface area contributed by atoms with Gasteiger partial charge in [-0.15, -0.1) is 11.8 Å². The van der Waals surface area contributed by atoms with Gasteiger partial charge in [-0.2, -0.15) is 5.10 Å². The van der Waals surface area contributed by atoms with Crippen molar-refractivity contribution in [2.24, 2.45) is 0 Å². The number of hydrogen-bond donors (Lipinski definition) is 1. The van der Waals surface area contributed by atoms with Crippen LogP contribution < -0.4 is 5.32 Å². The molecule has 0 unspecified atom stereocenters. The summed E-state index contributed by atoms with van der Waals surface area (Å²) >= 11 is 1.81. The highest BCUT2D eigenvalue weighted by Crippen LogP contribution is 2.17. The molecule has 4 nitrogen and oxygen atoms in total. The molecule has 128 valence electrons. The van der Waals surface area contributed by atoms with Gasteiger partial charge in [0.2, 0.25) is 0 Å². The van der Waals surface area contributed by atoms with Gasteiger partial charge >= 0.3 is 0 Å². The third kappa shape index (κ3) is 5.50. The van der Waals surface area contributed by atoms with E-state index in [1.807, 2.05) is 48.5 Å². The van der Waals surface area contributed by atoms with Gasteiger partial charge in [-0.25, -0.2) is 0 Å². The minimum Gasteiger partial charge on any atom is -0.352 e. The Morgan fingerprint density at radius 1 is 1.04 bits per heavy atom. The average molecular weight is 351 g/mol. The molecule has 2 aromatic carbocycles. The Morgan fingerprint density at radius 3 is 2.52 bits per heavy atom. The fourth-order valence-corrected chi connectivity index (χ4v) is 3.29. The van der Waals surface area contributed by atoms with E-state index >= 15 is 0 Å². The molecule has 0 radical (unpaired) electrons. The lowest BCUT2D eigenvalue weighted by Gasteiger charge is -2.04. The van der Waals surface area contributed by atoms with Crippen LogP contribution in [0.5, 0.6) is 0 Å². The molecule has 0 aliphatic heterocycles. The molecule has 3 aromatic rings. The molecule has 0 saturated carbocycles. The summed E-state index contributed by atoms with van der Waals surface area (Å²) in [4.78, 5) is 13.4. The number of nitrogens with zero attached hydrogens (tertiary/aromatic N) is 2. The average Bonchev–Trinajstić information content (AvgIpc) is 3.11. The van der Waals surface area contributed by atoms with Crippen LogP contribution in [-0.2, 0) is 6.54 Å². The fraction of sp³-hybridized carbons (Fsp3) is 0.200. The van der Waals surface area contributed by atoms with Gasteiger partial charge < -0.3 is 5.32 Å². The summed E-state index contributed by atoms with van der Waals surface area (Å²) < 4.78 is 1.79. The summed E-state index contributed by atoms with van der Waals surface area (Å²) in [6.45, 7) is 1.34. The van der Waals surface area contributed by atoms with Gasteiger partial charge in [-0.1, -0.05) is 48.5 Å². The maximum absolute atomic E-state index is 12.2. The first-order valence-electron chi connectivity index (χ1n) is 8.34. The van der Waals surface area contributed by atoms with E-state index in [1.165, 1.54) is 4.90 Å². The Bertz CT molecular complexity index is 787. The Morgan fingerprint density at radius 2 is 1.76 bits per heavy atom. The molecule has 5 heteroatoms. The summed E-state index contributed by atoms with van der Waals surface area (Å²) in [5.41, 5.74) is 1.77. The first-order chi connectivity index (χ1) is 12.3. The Labute approximate surface area is 152 Å². The lowest BCUT2D eigenvalue weighted by molar-refractivity contribution is 0.0953. The monoisotopic (exact) mass is 351 g/mol. The van der Waals surface area contributed by atoms with Crippen LogP contribution in [0, 0.1) is 0 Å². The molecule has 3 rings (SSSR count). The minimum absolute atomic E-state index is 0.0657. The summed E-state index contributed by atoms with van der Waals surface area (Å²) in [5, 5.41) is 7.23. The topological polar surface area (TPSA) is 46.9 Å². The van der Waals surface area contributed by atoms with Crippen LogP contribution in [0.3, 0.4) is 0 Å². The van der Waals surface area contributed by atoms with Crippen LogP contribution in [0.4, 0.5) is 0 Å². The molecule has 1 N–H and O–H groups in total. The third-order valence-electron chi connectivity index (χ3n) is 3.70. The van der Waals surface area contributed by atoms with Gasteiger partial charge in [0.1, 0.15) is 0 Å². The van der Waals surface area contributed by atoms with E-state index in [-0.39, 0.29) is 5.91 Å². The molecule has 0 aliphatic carbocycles. The molecule has 0 saturated heterocycles. The zero-order valence-corrected chi connectivity index (χ0v) is 14.8. The molecule has 0 spiro atoms. The molecule has 25 heavy (non-hydrogen) atoms. The van der Waals surface area contributed by atoms with Gasteiger partial charge in [-0.05, 0) is 29.9 Å². The standard InChI is InChI=1S/C20H21N3OS/c24-20(21-12-7-13-25-19-10-5-2-6-11-19)18-14-22-23(16-18)15-17-8-3-1-4-9-17/h1-6,8-11,14,16H,7,12-13,15H2,(H,21,24). The van der Waals surface area contributed by atoms with Crippen molar-refractivity contribution < 1.29 is 4.79 Å². The second-order valence-electron chi connectivity index (χ2n) is 5.68. The van der Waals surface area contributed by atoms with Gasteiger partial charge in [0.05, 0.1) is 18.3 Å². The molecule has 1 amide bonds. The number of benzene rings is 2. The number of thioether (sulfide) groups is 1. The van der Waals surface area contributed by atoms with Gasteiger partial charge in [0, 0.05) is 17.6 Å². The number of aromatic nitrogens is 2. The lowest BCUT2D eigenvalue weighted by Crippen LogP contribution is -2.24. The number of nitrogens with one attached hydrogen (secondary N) is 1. The van der Waals surface area contributed by atoms with Crippen molar-refractivity contribution >= 4 is 17.7 Å². The molecule has 0 bridgehead atoms. The summed E-state index contributed by atoms with van der Waals surface area (Å²) in [6.07, 6.45) is 4.35. The van der Waals surface area contributed by atoms with Crippen molar-refractivity contribution in [3.63, 3.8) is 0 Å². The smallest absolute Gasteiger partial charge is 0.254 e. The zero-order valence-electron chi connectivity index (χ0n) is 14.0. The fourth-order valence-electron chi connectivity index (χ4n) is 2.42. The van der Waals surface area contributed by atoms with E-state index in [1.54, 1.807) is 28.8 Å². The third-order valence-corrected chi connectivity index (χ3v) is 4.80. The van der Waals surface area contributed by atoms with Crippen molar-refractivity contribution in [3.05, 3.63) is 84.2 Å². The van der Waals surface area contributed by atoms with E-state index < -0.39 is 0 Å². The normalized spacial score (nSPS) is 10.6. The maximum Gasteiger partial charge on any atom is 0.254 e. The van der Waals surface area contributed by atoms with Gasteiger partial charge in [-0.3, -0.25) is 9.48 Å². The predicted octanol–water partition coefficient (Wildman–Crippen LogP) is 3.84. The largest absolute Gasteiger partial charge is 0.352 e. The van der Waals surface area contributed by atoms with Gasteiger partial charge in [0.25, 0.3) is 5.91 Å². The van der Waals surface area contributed by atoms with Crippen LogP contribution in [0.2, 0.25) is 0 Å². The number of hydrogen-bond acceptors (Lipinski definition) is 3. The van der Waals surface area contributed by atoms with Crippen LogP contribution in [0.1, 0.15) is 22.3 Å². The van der Waals surface area contributed by atoms with E-state index in [0.717, 1.165) is 17.7 Å². The highest BCUT2D eigenvalue weighted by atomic mass is 32.2. The van der Waals surface area contributed by atoms with Crippen LogP contribution >= 0.6 is 11.8 Å². The van der Waals surface area contributed by atoms with Crippen molar-refractivity contribution in [2.75, 3.05) is 12.3 Å². The molecule has 0 aliphatic rings. The van der Waals surface area contributed by atoms with Crippen molar-refractivity contribution in [1.29, 1.82) is 0 Å². The number of carbonyl (C=O) groups is 1. The van der Waals surface area contributed by atoms with Gasteiger partial charge in [0.15, 0.2) is 0 Å². The Balaban J connectivity index is 1.40. The van der Waals surface area contributed by atoms with E-state index in [2.05, 4.69) is 22.5 Å². The Kier molecular flexibility index (Phi) is 6.29. The molecule has 0 atom stereocenters. The highest BCUT2D eigenvalue weighted by molar-refractivity contribution is 7.99. The summed E-state index contributed by atoms with van der Waals surface area (Å²) in [7, 11) is 0. The molecule has 1 aromatic heterocycles. The number of carbonyl (C=O) groups excluding carboxylic acids is 1. The summed E-state index contributed by atoms with van der Waals surface area (Å²) in [5.74, 6) is 0.918. The van der Waals surface area contributed by atoms with Crippen LogP contribution in [0.25, 0.3) is 0 Å². The minimum atomic E-state index is -0.0657. The van der Waals surface area contributed by atoms with E-state index in [4.69, 9.17) is 0 Å². The molecule has 1 heterocycles. The second kappa shape index (κ2) is 9.08. The maximum atomic E-state index is 12.2.